The summed E-state index contributed by atoms with van der Waals surface area (Å²) < 4.78 is 40.5. The van der Waals surface area contributed by atoms with Gasteiger partial charge in [0.15, 0.2) is 0 Å². The Kier molecular flexibility index (Phi) is 6.09. The highest BCUT2D eigenvalue weighted by molar-refractivity contribution is 7.91. The second kappa shape index (κ2) is 8.41. The minimum Gasteiger partial charge on any atom is -0.323 e. The SMILES string of the molecule is Cc1cc(C)n(CC(=O)Nc2cc(F)ccc2Cl)c(=O)c1S(=O)(=O)c1ccccc1. The molecule has 0 fully saturated rings. The minimum absolute atomic E-state index is 0.0170. The lowest BCUT2D eigenvalue weighted by atomic mass is 10.2. The summed E-state index contributed by atoms with van der Waals surface area (Å²) in [5.74, 6) is -1.24. The van der Waals surface area contributed by atoms with Gasteiger partial charge in [0.05, 0.1) is 15.6 Å². The van der Waals surface area contributed by atoms with Gasteiger partial charge in [0, 0.05) is 5.69 Å². The van der Waals surface area contributed by atoms with E-state index >= 15 is 0 Å². The number of carbonyl (C=O) groups excluding carboxylic acids is 1. The van der Waals surface area contributed by atoms with Gasteiger partial charge in [0.1, 0.15) is 17.3 Å². The van der Waals surface area contributed by atoms with Crippen molar-refractivity contribution in [3.8, 4) is 0 Å². The molecule has 1 amide bonds. The molecule has 0 saturated carbocycles. The summed E-state index contributed by atoms with van der Waals surface area (Å²) in [4.78, 5) is 25.1. The fraction of sp³-hybridized carbons (Fsp3) is 0.143. The Morgan fingerprint density at radius 1 is 1.10 bits per heavy atom. The van der Waals surface area contributed by atoms with E-state index in [1.165, 1.54) is 31.2 Å². The van der Waals surface area contributed by atoms with Crippen molar-refractivity contribution in [2.75, 3.05) is 5.32 Å². The van der Waals surface area contributed by atoms with E-state index in [9.17, 15) is 22.4 Å². The molecule has 0 aliphatic heterocycles. The molecule has 1 N–H and O–H groups in total. The van der Waals surface area contributed by atoms with Crippen LogP contribution in [0.1, 0.15) is 11.3 Å². The second-order valence-electron chi connectivity index (χ2n) is 6.68. The molecule has 156 valence electrons. The van der Waals surface area contributed by atoms with Crippen LogP contribution in [-0.4, -0.2) is 18.9 Å². The minimum atomic E-state index is -4.08. The van der Waals surface area contributed by atoms with Crippen LogP contribution in [0.3, 0.4) is 0 Å². The topological polar surface area (TPSA) is 85.2 Å². The Morgan fingerprint density at radius 3 is 2.43 bits per heavy atom. The number of anilines is 1. The molecule has 3 rings (SSSR count). The zero-order valence-electron chi connectivity index (χ0n) is 16.1. The third-order valence-corrected chi connectivity index (χ3v) is 6.73. The summed E-state index contributed by atoms with van der Waals surface area (Å²) in [7, 11) is -4.08. The van der Waals surface area contributed by atoms with Gasteiger partial charge < -0.3 is 9.88 Å². The van der Waals surface area contributed by atoms with E-state index in [0.717, 1.165) is 16.7 Å². The number of rotatable bonds is 5. The van der Waals surface area contributed by atoms with Crippen LogP contribution >= 0.6 is 11.6 Å². The van der Waals surface area contributed by atoms with E-state index < -0.39 is 38.6 Å². The average Bonchev–Trinajstić information content (AvgIpc) is 2.68. The molecule has 0 spiro atoms. The van der Waals surface area contributed by atoms with Crippen LogP contribution in [0, 0.1) is 19.7 Å². The first-order valence-corrected chi connectivity index (χ1v) is 10.7. The standard InChI is InChI=1S/C21H18ClFN2O4S/c1-13-10-14(2)25(12-19(26)24-18-11-15(23)8-9-17(18)22)21(27)20(13)30(28,29)16-6-4-3-5-7-16/h3-11H,12H2,1-2H3,(H,24,26). The number of hydrogen-bond acceptors (Lipinski definition) is 4. The molecule has 2 aromatic carbocycles. The summed E-state index contributed by atoms with van der Waals surface area (Å²) >= 11 is 5.95. The number of aryl methyl sites for hydroxylation is 2. The molecule has 0 radical (unpaired) electrons. The van der Waals surface area contributed by atoms with Crippen molar-refractivity contribution in [3.05, 3.63) is 87.0 Å². The van der Waals surface area contributed by atoms with Crippen molar-refractivity contribution < 1.29 is 17.6 Å². The van der Waals surface area contributed by atoms with Gasteiger partial charge in [-0.2, -0.15) is 0 Å². The number of nitrogens with one attached hydrogen (secondary N) is 1. The van der Waals surface area contributed by atoms with E-state index in [0.29, 0.717) is 5.69 Å². The highest BCUT2D eigenvalue weighted by Gasteiger charge is 2.26. The first kappa shape index (κ1) is 21.7. The molecule has 6 nitrogen and oxygen atoms in total. The highest BCUT2D eigenvalue weighted by atomic mass is 35.5. The molecule has 0 saturated heterocycles. The molecule has 9 heteroatoms. The lowest BCUT2D eigenvalue weighted by Crippen LogP contribution is -2.33. The van der Waals surface area contributed by atoms with Crippen LogP contribution in [0.15, 0.2) is 69.2 Å². The monoisotopic (exact) mass is 448 g/mol. The summed E-state index contributed by atoms with van der Waals surface area (Å²) in [6.07, 6.45) is 0. The number of pyridine rings is 1. The number of nitrogens with zero attached hydrogens (tertiary/aromatic N) is 1. The van der Waals surface area contributed by atoms with Crippen molar-refractivity contribution in [1.29, 1.82) is 0 Å². The van der Waals surface area contributed by atoms with Crippen molar-refractivity contribution in [1.82, 2.24) is 4.57 Å². The Hall–Kier alpha value is -2.97. The van der Waals surface area contributed by atoms with Crippen molar-refractivity contribution >= 4 is 33.0 Å². The number of sulfone groups is 1. The van der Waals surface area contributed by atoms with E-state index in [1.807, 2.05) is 0 Å². The fourth-order valence-corrected chi connectivity index (χ4v) is 4.81. The molecule has 0 atom stereocenters. The van der Waals surface area contributed by atoms with Crippen LogP contribution in [0.5, 0.6) is 0 Å². The summed E-state index contributed by atoms with van der Waals surface area (Å²) in [5.41, 5.74) is -0.0651. The molecule has 30 heavy (non-hydrogen) atoms. The lowest BCUT2D eigenvalue weighted by molar-refractivity contribution is -0.116. The molecule has 1 heterocycles. The molecule has 3 aromatic rings. The van der Waals surface area contributed by atoms with Gasteiger partial charge in [-0.1, -0.05) is 29.8 Å². The van der Waals surface area contributed by atoms with Gasteiger partial charge in [-0.25, -0.2) is 12.8 Å². The molecular formula is C21H18ClFN2O4S. The van der Waals surface area contributed by atoms with E-state index in [1.54, 1.807) is 25.1 Å². The third kappa shape index (κ3) is 4.29. The van der Waals surface area contributed by atoms with Crippen LogP contribution in [0.25, 0.3) is 0 Å². The molecule has 0 bridgehead atoms. The van der Waals surface area contributed by atoms with Crippen LogP contribution < -0.4 is 10.9 Å². The zero-order valence-corrected chi connectivity index (χ0v) is 17.7. The quantitative estimate of drug-likeness (QED) is 0.644. The average molecular weight is 449 g/mol. The summed E-state index contributed by atoms with van der Waals surface area (Å²) in [6.45, 7) is 2.66. The smallest absolute Gasteiger partial charge is 0.270 e. The van der Waals surface area contributed by atoms with Crippen LogP contribution in [0.2, 0.25) is 5.02 Å². The first-order chi connectivity index (χ1) is 14.1. The number of hydrogen-bond donors (Lipinski definition) is 1. The number of halogens is 2. The maximum Gasteiger partial charge on any atom is 0.270 e. The Labute approximate surface area is 177 Å². The maximum atomic E-state index is 13.4. The van der Waals surface area contributed by atoms with E-state index in [-0.39, 0.29) is 21.2 Å². The predicted octanol–water partition coefficient (Wildman–Crippen LogP) is 3.73. The zero-order chi connectivity index (χ0) is 22.1. The summed E-state index contributed by atoms with van der Waals surface area (Å²) in [5, 5.41) is 2.57. The third-order valence-electron chi connectivity index (χ3n) is 4.48. The molecule has 1 aromatic heterocycles. The molecule has 0 aliphatic carbocycles. The van der Waals surface area contributed by atoms with E-state index in [4.69, 9.17) is 11.6 Å². The second-order valence-corrected chi connectivity index (χ2v) is 8.97. The van der Waals surface area contributed by atoms with E-state index in [2.05, 4.69) is 5.32 Å². The molecular weight excluding hydrogens is 431 g/mol. The molecule has 0 unspecified atom stereocenters. The maximum absolute atomic E-state index is 13.4. The normalized spacial score (nSPS) is 11.3. The van der Waals surface area contributed by atoms with Crippen molar-refractivity contribution in [3.63, 3.8) is 0 Å². The molecule has 0 aliphatic rings. The Balaban J connectivity index is 2.01. The number of aromatic nitrogens is 1. The number of carbonyl (C=O) groups is 1. The van der Waals surface area contributed by atoms with Gasteiger partial charge >= 0.3 is 0 Å². The van der Waals surface area contributed by atoms with Gasteiger partial charge in [0.25, 0.3) is 5.56 Å². The van der Waals surface area contributed by atoms with Crippen LogP contribution in [-0.2, 0) is 21.2 Å². The van der Waals surface area contributed by atoms with Crippen molar-refractivity contribution in [2.24, 2.45) is 0 Å². The van der Waals surface area contributed by atoms with Gasteiger partial charge in [-0.05, 0) is 55.8 Å². The number of amides is 1. The lowest BCUT2D eigenvalue weighted by Gasteiger charge is -2.15. The highest BCUT2D eigenvalue weighted by Crippen LogP contribution is 2.23. The largest absolute Gasteiger partial charge is 0.323 e. The first-order valence-electron chi connectivity index (χ1n) is 8.87. The number of benzene rings is 2. The van der Waals surface area contributed by atoms with Crippen molar-refractivity contribution in [2.45, 2.75) is 30.2 Å². The van der Waals surface area contributed by atoms with Gasteiger partial charge in [0.2, 0.25) is 15.7 Å². The fourth-order valence-electron chi connectivity index (χ4n) is 3.08. The van der Waals surface area contributed by atoms with Crippen LogP contribution in [0.4, 0.5) is 10.1 Å². The predicted molar refractivity (Wildman–Crippen MR) is 112 cm³/mol. The van der Waals surface area contributed by atoms with Gasteiger partial charge in [-0.15, -0.1) is 0 Å². The Bertz CT molecular complexity index is 1290. The Morgan fingerprint density at radius 2 is 1.77 bits per heavy atom. The summed E-state index contributed by atoms with van der Waals surface area (Å²) in [6, 6.07) is 12.6. The van der Waals surface area contributed by atoms with Gasteiger partial charge in [-0.3, -0.25) is 9.59 Å².